The van der Waals surface area contributed by atoms with Crippen molar-refractivity contribution in [2.75, 3.05) is 31.6 Å². The number of nitrogens with zero attached hydrogens (tertiary/aromatic N) is 2. The average molecular weight is 299 g/mol. The van der Waals surface area contributed by atoms with Crippen molar-refractivity contribution in [3.05, 3.63) is 18.5 Å². The molecular formula is C13H21N3O3S. The minimum Gasteiger partial charge on any atom is -0.384 e. The van der Waals surface area contributed by atoms with Gasteiger partial charge in [-0.15, -0.1) is 0 Å². The number of hydrogen-bond donors (Lipinski definition) is 1. The van der Waals surface area contributed by atoms with Crippen molar-refractivity contribution in [2.24, 2.45) is 0 Å². The first-order valence-corrected chi connectivity index (χ1v) is 8.13. The fraction of sp³-hybridized carbons (Fsp3) is 0.615. The van der Waals surface area contributed by atoms with Gasteiger partial charge in [0.25, 0.3) is 0 Å². The third kappa shape index (κ3) is 3.11. The number of aromatic nitrogens is 1. The topological polar surface area (TPSA) is 71.5 Å². The van der Waals surface area contributed by atoms with Crippen molar-refractivity contribution < 1.29 is 13.2 Å². The molecule has 0 unspecified atom stereocenters. The van der Waals surface area contributed by atoms with E-state index in [1.54, 1.807) is 12.3 Å². The van der Waals surface area contributed by atoms with Crippen molar-refractivity contribution in [1.82, 2.24) is 9.29 Å². The van der Waals surface area contributed by atoms with Crippen LogP contribution in [0.1, 0.15) is 20.8 Å². The molecule has 1 aliphatic heterocycles. The number of sulfonamides is 1. The third-order valence-electron chi connectivity index (χ3n) is 3.16. The molecule has 0 bridgehead atoms. The van der Waals surface area contributed by atoms with Gasteiger partial charge in [0.1, 0.15) is 4.90 Å². The Hall–Kier alpha value is -1.18. The van der Waals surface area contributed by atoms with E-state index >= 15 is 0 Å². The zero-order valence-electron chi connectivity index (χ0n) is 12.1. The zero-order valence-corrected chi connectivity index (χ0v) is 12.9. The summed E-state index contributed by atoms with van der Waals surface area (Å²) in [6.45, 7) is 7.48. The molecule has 1 N–H and O–H groups in total. The molecule has 6 nitrogen and oxygen atoms in total. The van der Waals surface area contributed by atoms with Crippen LogP contribution in [0.4, 0.5) is 5.69 Å². The van der Waals surface area contributed by atoms with Gasteiger partial charge in [-0.05, 0) is 26.8 Å². The summed E-state index contributed by atoms with van der Waals surface area (Å²) in [6.07, 6.45) is 2.98. The highest BCUT2D eigenvalue weighted by Gasteiger charge is 2.36. The Bertz CT molecular complexity index is 572. The van der Waals surface area contributed by atoms with Crippen LogP contribution in [0.25, 0.3) is 0 Å². The fourth-order valence-corrected chi connectivity index (χ4v) is 3.93. The lowest BCUT2D eigenvalue weighted by Gasteiger charge is -2.37. The molecule has 2 rings (SSSR count). The third-order valence-corrected chi connectivity index (χ3v) is 5.03. The van der Waals surface area contributed by atoms with Gasteiger partial charge in [0, 0.05) is 32.0 Å². The maximum Gasteiger partial charge on any atom is 0.246 e. The van der Waals surface area contributed by atoms with Gasteiger partial charge < -0.3 is 10.1 Å². The van der Waals surface area contributed by atoms with Gasteiger partial charge in [-0.1, -0.05) is 0 Å². The van der Waals surface area contributed by atoms with Gasteiger partial charge in [0.2, 0.25) is 10.0 Å². The van der Waals surface area contributed by atoms with E-state index in [2.05, 4.69) is 10.3 Å². The minimum atomic E-state index is -3.56. The summed E-state index contributed by atoms with van der Waals surface area (Å²) in [7, 11) is -3.56. The molecule has 20 heavy (non-hydrogen) atoms. The van der Waals surface area contributed by atoms with Crippen LogP contribution in [0.3, 0.4) is 0 Å². The van der Waals surface area contributed by atoms with E-state index in [1.165, 1.54) is 10.5 Å². The molecule has 0 aliphatic carbocycles. The monoisotopic (exact) mass is 299 g/mol. The molecule has 0 atom stereocenters. The normalized spacial score (nSPS) is 19.8. The predicted octanol–water partition coefficient (Wildman–Crippen LogP) is 1.31. The Morgan fingerprint density at radius 3 is 2.90 bits per heavy atom. The van der Waals surface area contributed by atoms with Crippen LogP contribution in [-0.2, 0) is 14.8 Å². The Kier molecular flexibility index (Phi) is 4.31. The molecule has 0 aromatic carbocycles. The number of ether oxygens (including phenoxy) is 1. The van der Waals surface area contributed by atoms with E-state index in [1.807, 2.05) is 20.8 Å². The molecule has 0 saturated carbocycles. The number of rotatable bonds is 4. The summed E-state index contributed by atoms with van der Waals surface area (Å²) >= 11 is 0. The summed E-state index contributed by atoms with van der Waals surface area (Å²) in [6, 6.07) is 1.68. The molecule has 0 spiro atoms. The van der Waals surface area contributed by atoms with Crippen LogP contribution in [0, 0.1) is 0 Å². The molecule has 0 amide bonds. The summed E-state index contributed by atoms with van der Waals surface area (Å²) < 4.78 is 32.6. The minimum absolute atomic E-state index is 0.222. The van der Waals surface area contributed by atoms with Crippen molar-refractivity contribution in [3.63, 3.8) is 0 Å². The number of hydrogen-bond acceptors (Lipinski definition) is 5. The van der Waals surface area contributed by atoms with E-state index in [9.17, 15) is 8.42 Å². The fourth-order valence-electron chi connectivity index (χ4n) is 2.24. The summed E-state index contributed by atoms with van der Waals surface area (Å²) in [5, 5.41) is 3.06. The molecular weight excluding hydrogens is 278 g/mol. The Balaban J connectivity index is 2.35. The molecule has 1 saturated heterocycles. The molecule has 1 aromatic heterocycles. The van der Waals surface area contributed by atoms with E-state index in [0.29, 0.717) is 31.9 Å². The highest BCUT2D eigenvalue weighted by molar-refractivity contribution is 7.89. The lowest BCUT2D eigenvalue weighted by molar-refractivity contribution is -0.0640. The number of anilines is 1. The lowest BCUT2D eigenvalue weighted by Crippen LogP contribution is -2.50. The standard InChI is InChI=1S/C13H21N3O3S/c1-4-15-11-5-6-14-9-12(11)20(17,18)16-7-8-19-13(2,3)10-16/h5-6,9H,4,7-8,10H2,1-3H3,(H,14,15). The van der Waals surface area contributed by atoms with Gasteiger partial charge in [0.05, 0.1) is 17.9 Å². The second kappa shape index (κ2) is 5.67. The van der Waals surface area contributed by atoms with Gasteiger partial charge in [-0.25, -0.2) is 8.42 Å². The lowest BCUT2D eigenvalue weighted by atomic mass is 10.1. The Morgan fingerprint density at radius 2 is 2.25 bits per heavy atom. The van der Waals surface area contributed by atoms with Crippen molar-refractivity contribution in [1.29, 1.82) is 0 Å². The smallest absolute Gasteiger partial charge is 0.246 e. The van der Waals surface area contributed by atoms with Gasteiger partial charge in [-0.2, -0.15) is 4.31 Å². The van der Waals surface area contributed by atoms with E-state index in [-0.39, 0.29) is 4.90 Å². The molecule has 1 aromatic rings. The molecule has 2 heterocycles. The van der Waals surface area contributed by atoms with Crippen LogP contribution in [0.15, 0.2) is 23.4 Å². The van der Waals surface area contributed by atoms with Crippen LogP contribution < -0.4 is 5.32 Å². The first kappa shape index (κ1) is 15.2. The van der Waals surface area contributed by atoms with Crippen molar-refractivity contribution >= 4 is 15.7 Å². The number of morpholine rings is 1. The highest BCUT2D eigenvalue weighted by Crippen LogP contribution is 2.27. The zero-order chi connectivity index (χ0) is 14.8. The molecule has 7 heteroatoms. The van der Waals surface area contributed by atoms with Gasteiger partial charge in [0.15, 0.2) is 0 Å². The molecule has 112 valence electrons. The predicted molar refractivity (Wildman–Crippen MR) is 77.2 cm³/mol. The highest BCUT2D eigenvalue weighted by atomic mass is 32.2. The van der Waals surface area contributed by atoms with Crippen LogP contribution >= 0.6 is 0 Å². The van der Waals surface area contributed by atoms with Gasteiger partial charge >= 0.3 is 0 Å². The number of nitrogens with one attached hydrogen (secondary N) is 1. The van der Waals surface area contributed by atoms with Crippen LogP contribution in [0.2, 0.25) is 0 Å². The maximum absolute atomic E-state index is 12.8. The molecule has 1 aliphatic rings. The van der Waals surface area contributed by atoms with E-state index in [4.69, 9.17) is 4.74 Å². The summed E-state index contributed by atoms with van der Waals surface area (Å²) in [5.41, 5.74) is 0.123. The Morgan fingerprint density at radius 1 is 1.50 bits per heavy atom. The van der Waals surface area contributed by atoms with Crippen molar-refractivity contribution in [3.8, 4) is 0 Å². The average Bonchev–Trinajstić information content (AvgIpc) is 2.38. The number of pyridine rings is 1. The summed E-state index contributed by atoms with van der Waals surface area (Å²) in [5.74, 6) is 0. The van der Waals surface area contributed by atoms with E-state index < -0.39 is 15.6 Å². The molecule has 1 fully saturated rings. The first-order chi connectivity index (χ1) is 9.37. The van der Waals surface area contributed by atoms with Crippen LogP contribution in [0.5, 0.6) is 0 Å². The second-order valence-electron chi connectivity index (χ2n) is 5.35. The van der Waals surface area contributed by atoms with Crippen molar-refractivity contribution in [2.45, 2.75) is 31.3 Å². The SMILES string of the molecule is CCNc1ccncc1S(=O)(=O)N1CCOC(C)(C)C1. The summed E-state index contributed by atoms with van der Waals surface area (Å²) in [4.78, 5) is 4.17. The second-order valence-corrected chi connectivity index (χ2v) is 7.26. The first-order valence-electron chi connectivity index (χ1n) is 6.69. The van der Waals surface area contributed by atoms with E-state index in [0.717, 1.165) is 0 Å². The quantitative estimate of drug-likeness (QED) is 0.907. The Labute approximate surface area is 120 Å². The maximum atomic E-state index is 12.8. The molecule has 0 radical (unpaired) electrons. The largest absolute Gasteiger partial charge is 0.384 e. The van der Waals surface area contributed by atoms with Crippen LogP contribution in [-0.4, -0.2) is 49.5 Å². The van der Waals surface area contributed by atoms with Gasteiger partial charge in [-0.3, -0.25) is 4.98 Å².